The van der Waals surface area contributed by atoms with Crippen molar-refractivity contribution in [2.45, 2.75) is 12.3 Å². The first-order chi connectivity index (χ1) is 23.1. The number of benzodiazepines with no additional fused rings is 2. The van der Waals surface area contributed by atoms with E-state index in [2.05, 4.69) is 30.0 Å². The number of fused-ring (bicyclic) bond motifs is 2. The van der Waals surface area contributed by atoms with E-state index in [-0.39, 0.29) is 5.91 Å². The summed E-state index contributed by atoms with van der Waals surface area (Å²) in [6.07, 6.45) is -2.24. The minimum Gasteiger partial charge on any atom is -0.481 e. The molecule has 0 spiro atoms. The Balaban J connectivity index is 0.000000188. The van der Waals surface area contributed by atoms with Crippen LogP contribution in [0.4, 0.5) is 11.4 Å². The Labute approximate surface area is 285 Å². The molecule has 2 aromatic heterocycles. The number of rotatable bonds is 5. The van der Waals surface area contributed by atoms with Gasteiger partial charge in [-0.2, -0.15) is 0 Å². The maximum Gasteiger partial charge on any atom is 0.266 e. The van der Waals surface area contributed by atoms with E-state index in [1.807, 2.05) is 0 Å². The molecule has 4 aromatic rings. The number of nitrogens with two attached hydrogens (primary N) is 1. The van der Waals surface area contributed by atoms with E-state index in [4.69, 9.17) is 43.9 Å². The van der Waals surface area contributed by atoms with Crippen LogP contribution >= 0.6 is 23.2 Å². The van der Waals surface area contributed by atoms with Crippen LogP contribution in [-0.2, 0) is 9.59 Å². The third-order valence-electron chi connectivity index (χ3n) is 7.32. The summed E-state index contributed by atoms with van der Waals surface area (Å²) in [4.78, 5) is 47.9. The third-order valence-corrected chi connectivity index (χ3v) is 7.79. The largest absolute Gasteiger partial charge is 0.481 e. The Morgan fingerprint density at radius 1 is 0.771 bits per heavy atom. The van der Waals surface area contributed by atoms with Crippen LogP contribution in [0, 0.1) is 0 Å². The van der Waals surface area contributed by atoms with Gasteiger partial charge in [-0.3, -0.25) is 19.6 Å². The number of ether oxygens (including phenoxy) is 2. The lowest BCUT2D eigenvalue weighted by molar-refractivity contribution is -0.120. The lowest BCUT2D eigenvalue weighted by atomic mass is 10.0. The zero-order valence-electron chi connectivity index (χ0n) is 26.1. The summed E-state index contributed by atoms with van der Waals surface area (Å²) in [6.45, 7) is 0. The number of halogens is 2. The first-order valence-electron chi connectivity index (χ1n) is 14.2. The summed E-state index contributed by atoms with van der Waals surface area (Å²) >= 11 is 12.3. The topological polar surface area (TPSA) is 184 Å². The molecule has 0 saturated carbocycles. The van der Waals surface area contributed by atoms with Crippen molar-refractivity contribution in [1.82, 2.24) is 9.97 Å². The molecule has 244 valence electrons. The molecular weight excluding hydrogens is 659 g/mol. The highest BCUT2D eigenvalue weighted by Gasteiger charge is 2.31. The number of methoxy groups -OCH3 is 2. The minimum absolute atomic E-state index is 0.300. The molecule has 0 saturated heterocycles. The van der Waals surface area contributed by atoms with Crippen LogP contribution in [0.5, 0.6) is 11.8 Å². The lowest BCUT2D eigenvalue weighted by Crippen LogP contribution is -2.39. The van der Waals surface area contributed by atoms with Crippen LogP contribution in [0.2, 0.25) is 10.0 Å². The van der Waals surface area contributed by atoms with Gasteiger partial charge in [-0.25, -0.2) is 9.97 Å². The molecule has 48 heavy (non-hydrogen) atoms. The van der Waals surface area contributed by atoms with Crippen LogP contribution < -0.4 is 25.0 Å². The second-order valence-corrected chi connectivity index (χ2v) is 11.1. The molecule has 0 radical (unpaired) electrons. The summed E-state index contributed by atoms with van der Waals surface area (Å²) < 4.78 is 10.3. The molecule has 2 amide bonds. The van der Waals surface area contributed by atoms with Gasteiger partial charge in [0.1, 0.15) is 0 Å². The quantitative estimate of drug-likeness (QED) is 0.173. The SMILES string of the molecule is COc1cccc(C2=NC(N)C(=O)N(C)c3ccc(Cl)cc32)n1.COc1cccc(C2=NC(N=[N+]=[N-])C(=O)N(C)c3ccc(Cl)cc32)n1. The normalized spacial score (nSPS) is 16.9. The molecule has 2 aliphatic heterocycles. The molecule has 2 aliphatic rings. The molecule has 2 unspecified atom stereocenters. The van der Waals surface area contributed by atoms with Gasteiger partial charge in [0.2, 0.25) is 17.9 Å². The molecule has 4 heterocycles. The van der Waals surface area contributed by atoms with Crippen LogP contribution in [-0.4, -0.2) is 73.9 Å². The van der Waals surface area contributed by atoms with Gasteiger partial charge in [-0.15, -0.1) is 0 Å². The zero-order chi connectivity index (χ0) is 34.5. The Morgan fingerprint density at radius 2 is 1.25 bits per heavy atom. The van der Waals surface area contributed by atoms with Crippen molar-refractivity contribution >= 4 is 57.8 Å². The number of anilines is 2. The number of hydrogen-bond donors (Lipinski definition) is 1. The molecular formula is C32H28Cl2N10O4. The minimum atomic E-state index is -1.23. The number of azide groups is 1. The molecule has 2 atom stereocenters. The van der Waals surface area contributed by atoms with E-state index in [0.717, 1.165) is 0 Å². The standard InChI is InChI=1S/C16H13ClN6O2.C16H15ClN4O2/c1-23-12-7-6-9(17)8-10(12)14(20-15(16(23)24)21-22-18)11-4-3-5-13(19-11)25-2;1-21-12-7-6-9(17)8-10(12)14(20-15(18)16(21)22)11-4-3-5-13(19-11)23-2/h3-8,15H,1-2H3;3-8,15H,18H2,1-2H3. The predicted molar refractivity (Wildman–Crippen MR) is 183 cm³/mol. The second kappa shape index (κ2) is 14.5. The number of aliphatic imine (C=N–C) groups is 2. The number of hydrogen-bond acceptors (Lipinski definition) is 10. The third kappa shape index (κ3) is 6.92. The number of nitrogens with zero attached hydrogens (tertiary/aromatic N) is 9. The average molecular weight is 688 g/mol. The van der Waals surface area contributed by atoms with E-state index < -0.39 is 18.2 Å². The van der Waals surface area contributed by atoms with Gasteiger partial charge in [0.15, 0.2) is 6.17 Å². The highest BCUT2D eigenvalue weighted by atomic mass is 35.5. The number of benzene rings is 2. The Kier molecular flexibility index (Phi) is 10.2. The monoisotopic (exact) mass is 686 g/mol. The van der Waals surface area contributed by atoms with Crippen molar-refractivity contribution < 1.29 is 19.1 Å². The Bertz CT molecular complexity index is 2010. The lowest BCUT2D eigenvalue weighted by Gasteiger charge is -2.19. The summed E-state index contributed by atoms with van der Waals surface area (Å²) in [7, 11) is 6.29. The van der Waals surface area contributed by atoms with Gasteiger partial charge < -0.3 is 25.0 Å². The molecule has 14 nitrogen and oxygen atoms in total. The fourth-order valence-corrected chi connectivity index (χ4v) is 5.30. The van der Waals surface area contributed by atoms with Crippen molar-refractivity contribution in [1.29, 1.82) is 0 Å². The van der Waals surface area contributed by atoms with Crippen molar-refractivity contribution in [2.75, 3.05) is 38.1 Å². The number of carbonyl (C=O) groups excluding carboxylic acids is 2. The van der Waals surface area contributed by atoms with Crippen LogP contribution in [0.25, 0.3) is 10.4 Å². The first kappa shape index (κ1) is 33.8. The fraction of sp³-hybridized carbons (Fsp3) is 0.188. The van der Waals surface area contributed by atoms with Gasteiger partial charge >= 0.3 is 0 Å². The zero-order valence-corrected chi connectivity index (χ0v) is 27.6. The first-order valence-corrected chi connectivity index (χ1v) is 14.9. The second-order valence-electron chi connectivity index (χ2n) is 10.2. The molecule has 2 N–H and O–H groups in total. The van der Waals surface area contributed by atoms with Crippen molar-refractivity contribution in [2.24, 2.45) is 20.8 Å². The van der Waals surface area contributed by atoms with E-state index in [9.17, 15) is 9.59 Å². The van der Waals surface area contributed by atoms with E-state index >= 15 is 0 Å². The fourth-order valence-electron chi connectivity index (χ4n) is 4.95. The van der Waals surface area contributed by atoms with Gasteiger partial charge in [-0.05, 0) is 54.1 Å². The van der Waals surface area contributed by atoms with Crippen LogP contribution in [0.15, 0.2) is 87.9 Å². The number of pyridine rings is 2. The maximum absolute atomic E-state index is 12.6. The van der Waals surface area contributed by atoms with Crippen molar-refractivity contribution in [3.8, 4) is 11.8 Å². The number of carbonyl (C=O) groups is 2. The molecule has 2 aromatic carbocycles. The Hall–Kier alpha value is -5.53. The van der Waals surface area contributed by atoms with E-state index in [1.165, 1.54) is 24.0 Å². The average Bonchev–Trinajstić information content (AvgIpc) is 3.26. The summed E-state index contributed by atoms with van der Waals surface area (Å²) in [6, 6.07) is 20.8. The van der Waals surface area contributed by atoms with Gasteiger partial charge in [0.25, 0.3) is 11.8 Å². The molecule has 6 rings (SSSR count). The van der Waals surface area contributed by atoms with Crippen LogP contribution in [0.3, 0.4) is 0 Å². The highest BCUT2D eigenvalue weighted by molar-refractivity contribution is 6.32. The smallest absolute Gasteiger partial charge is 0.266 e. The maximum atomic E-state index is 12.6. The number of amides is 2. The van der Waals surface area contributed by atoms with Crippen LogP contribution in [0.1, 0.15) is 22.5 Å². The van der Waals surface area contributed by atoms with E-state index in [0.29, 0.717) is 67.1 Å². The summed E-state index contributed by atoms with van der Waals surface area (Å²) in [5.74, 6) is 0.102. The summed E-state index contributed by atoms with van der Waals surface area (Å²) in [5.41, 5.74) is 19.2. The predicted octanol–water partition coefficient (Wildman–Crippen LogP) is 5.04. The Morgan fingerprint density at radius 3 is 1.73 bits per heavy atom. The van der Waals surface area contributed by atoms with Gasteiger partial charge in [-0.1, -0.05) is 40.4 Å². The number of aromatic nitrogens is 2. The molecule has 0 aliphatic carbocycles. The summed E-state index contributed by atoms with van der Waals surface area (Å²) in [5, 5.41) is 4.53. The van der Waals surface area contributed by atoms with Crippen molar-refractivity contribution in [3.05, 3.63) is 116 Å². The highest BCUT2D eigenvalue weighted by Crippen LogP contribution is 2.31. The molecule has 16 heteroatoms. The van der Waals surface area contributed by atoms with Gasteiger partial charge in [0.05, 0.1) is 48.4 Å². The number of likely N-dealkylation sites (N-methyl/N-ethyl adjacent to an activating group) is 2. The van der Waals surface area contributed by atoms with Crippen molar-refractivity contribution in [3.63, 3.8) is 0 Å². The molecule has 0 bridgehead atoms. The molecule has 0 fully saturated rings. The van der Waals surface area contributed by atoms with E-state index in [1.54, 1.807) is 86.9 Å². The van der Waals surface area contributed by atoms with Gasteiger partial charge in [0, 0.05) is 52.3 Å².